The number of hydrogen-bond donors (Lipinski definition) is 2. The number of rotatable bonds is 3. The molecule has 0 radical (unpaired) electrons. The molecule has 0 aliphatic carbocycles. The molecule has 0 aliphatic rings. The molecule has 88 valence electrons. The average Bonchev–Trinajstić information content (AvgIpc) is 2.26. The van der Waals surface area contributed by atoms with Gasteiger partial charge in [0.1, 0.15) is 0 Å². The van der Waals surface area contributed by atoms with Crippen LogP contribution in [0.4, 0.5) is 0 Å². The Kier molecular flexibility index (Phi) is 3.38. The highest BCUT2D eigenvalue weighted by molar-refractivity contribution is 7.66. The summed E-state index contributed by atoms with van der Waals surface area (Å²) < 4.78 is 26.6. The van der Waals surface area contributed by atoms with E-state index in [1.165, 1.54) is 6.07 Å². The van der Waals surface area contributed by atoms with Gasteiger partial charge < -0.3 is 4.89 Å². The summed E-state index contributed by atoms with van der Waals surface area (Å²) in [6.45, 7) is 0. The van der Waals surface area contributed by atoms with Gasteiger partial charge in [0.25, 0.3) is 0 Å². The number of fused-ring (bicyclic) bond motifs is 1. The summed E-state index contributed by atoms with van der Waals surface area (Å²) in [5, 5.41) is 1.31. The lowest BCUT2D eigenvalue weighted by Crippen LogP contribution is -2.06. The number of benzene rings is 2. The van der Waals surface area contributed by atoms with Crippen LogP contribution in [0.3, 0.4) is 0 Å². The van der Waals surface area contributed by atoms with E-state index in [1.807, 2.05) is 0 Å². The lowest BCUT2D eigenvalue weighted by molar-refractivity contribution is 0.360. The van der Waals surface area contributed by atoms with Crippen molar-refractivity contribution in [3.05, 3.63) is 42.5 Å². The van der Waals surface area contributed by atoms with Crippen LogP contribution in [0.1, 0.15) is 0 Å². The van der Waals surface area contributed by atoms with Gasteiger partial charge in [-0.05, 0) is 21.1 Å². The summed E-state index contributed by atoms with van der Waals surface area (Å²) in [7, 11) is -7.41. The normalized spacial score (nSPS) is 15.5. The Hall–Kier alpha value is -1.09. The highest BCUT2D eigenvalue weighted by Crippen LogP contribution is 2.49. The van der Waals surface area contributed by atoms with Gasteiger partial charge >= 0.3 is 15.9 Å². The molecule has 2 N–H and O–H groups in total. The molecular weight excluding hydrogens is 262 g/mol. The third-order valence-corrected chi connectivity index (χ3v) is 4.69. The van der Waals surface area contributed by atoms with Gasteiger partial charge in [0.05, 0.1) is 5.30 Å². The van der Waals surface area contributed by atoms with Crippen molar-refractivity contribution in [3.63, 3.8) is 0 Å². The lowest BCUT2D eigenvalue weighted by atomic mass is 10.1. The van der Waals surface area contributed by atoms with Gasteiger partial charge in [-0.1, -0.05) is 36.4 Å². The van der Waals surface area contributed by atoms with Gasteiger partial charge in [-0.25, -0.2) is 0 Å². The maximum Gasteiger partial charge on any atom is 0.703 e. The van der Waals surface area contributed by atoms with E-state index < -0.39 is 15.9 Å². The van der Waals surface area contributed by atoms with Crippen LogP contribution < -0.4 is 5.30 Å². The zero-order valence-electron chi connectivity index (χ0n) is 8.56. The minimum absolute atomic E-state index is 0.0213. The SMILES string of the molecule is O=[P+](O)OP(=O)(O)c1cccc2ccccc12. The zero-order chi connectivity index (χ0) is 12.5. The van der Waals surface area contributed by atoms with Crippen molar-refractivity contribution in [1.82, 2.24) is 0 Å². The molecule has 0 saturated heterocycles. The molecule has 0 spiro atoms. The van der Waals surface area contributed by atoms with Crippen LogP contribution in [0.5, 0.6) is 0 Å². The van der Waals surface area contributed by atoms with Crippen LogP contribution in [0, 0.1) is 0 Å². The van der Waals surface area contributed by atoms with Crippen LogP contribution in [0.2, 0.25) is 0 Å². The summed E-state index contributed by atoms with van der Waals surface area (Å²) >= 11 is 0. The Morgan fingerprint density at radius 1 is 1.12 bits per heavy atom. The van der Waals surface area contributed by atoms with Crippen molar-refractivity contribution < 1.29 is 23.2 Å². The second-order valence-corrected chi connectivity index (χ2v) is 5.99. The van der Waals surface area contributed by atoms with E-state index in [4.69, 9.17) is 4.89 Å². The molecule has 0 aromatic heterocycles. The molecule has 0 aliphatic heterocycles. The summed E-state index contributed by atoms with van der Waals surface area (Å²) in [6, 6.07) is 11.7. The Bertz CT molecular complexity index is 620. The van der Waals surface area contributed by atoms with Gasteiger partial charge in [-0.3, -0.25) is 4.57 Å². The smallest absolute Gasteiger partial charge is 0.318 e. The highest BCUT2D eigenvalue weighted by atomic mass is 31.2. The van der Waals surface area contributed by atoms with Gasteiger partial charge in [0.2, 0.25) is 0 Å². The van der Waals surface area contributed by atoms with Gasteiger partial charge in [0.15, 0.2) is 0 Å². The summed E-state index contributed by atoms with van der Waals surface area (Å²) in [6.07, 6.45) is 0. The van der Waals surface area contributed by atoms with Gasteiger partial charge in [-0.15, -0.1) is 4.89 Å². The van der Waals surface area contributed by atoms with Crippen LogP contribution >= 0.6 is 15.9 Å². The monoisotopic (exact) mass is 271 g/mol. The standard InChI is InChI=1S/C10H8O5P2/c11-16(12)15-17(13,14)10-7-3-5-8-4-1-2-6-9(8)10/h1-7H,(H-,11,12,13,14)/p+1. The average molecular weight is 271 g/mol. The third-order valence-electron chi connectivity index (χ3n) is 2.25. The van der Waals surface area contributed by atoms with E-state index in [0.29, 0.717) is 5.39 Å². The topological polar surface area (TPSA) is 83.8 Å². The fraction of sp³-hybridized carbons (Fsp3) is 0. The second-order valence-electron chi connectivity index (χ2n) is 3.34. The Morgan fingerprint density at radius 2 is 1.76 bits per heavy atom. The summed E-state index contributed by atoms with van der Waals surface area (Å²) in [5.41, 5.74) is 0. The molecule has 2 aromatic rings. The Balaban J connectivity index is 2.63. The molecular formula is C10H9O5P2+. The van der Waals surface area contributed by atoms with E-state index >= 15 is 0 Å². The Labute approximate surface area is 98.2 Å². The minimum Gasteiger partial charge on any atom is -0.318 e. The molecule has 0 saturated carbocycles. The summed E-state index contributed by atoms with van der Waals surface area (Å²) in [4.78, 5) is 18.2. The molecule has 2 unspecified atom stereocenters. The quantitative estimate of drug-likeness (QED) is 0.837. The maximum absolute atomic E-state index is 11.8. The van der Waals surface area contributed by atoms with Crippen molar-refractivity contribution in [2.45, 2.75) is 0 Å². The first-order chi connectivity index (χ1) is 8.00. The Morgan fingerprint density at radius 3 is 2.47 bits per heavy atom. The zero-order valence-corrected chi connectivity index (χ0v) is 10.3. The van der Waals surface area contributed by atoms with Crippen LogP contribution in [0.25, 0.3) is 10.8 Å². The molecule has 0 fully saturated rings. The van der Waals surface area contributed by atoms with E-state index in [1.54, 1.807) is 36.4 Å². The molecule has 17 heavy (non-hydrogen) atoms. The predicted octanol–water partition coefficient (Wildman–Crippen LogP) is 2.32. The van der Waals surface area contributed by atoms with Gasteiger partial charge in [-0.2, -0.15) is 0 Å². The first-order valence-corrected chi connectivity index (χ1v) is 7.38. The first-order valence-electron chi connectivity index (χ1n) is 4.68. The molecule has 5 nitrogen and oxygen atoms in total. The fourth-order valence-corrected chi connectivity index (χ4v) is 3.49. The van der Waals surface area contributed by atoms with Crippen LogP contribution in [-0.2, 0) is 13.4 Å². The van der Waals surface area contributed by atoms with Crippen molar-refractivity contribution in [2.75, 3.05) is 0 Å². The molecule has 2 rings (SSSR count). The van der Waals surface area contributed by atoms with Crippen molar-refractivity contribution in [2.24, 2.45) is 0 Å². The highest BCUT2D eigenvalue weighted by Gasteiger charge is 2.35. The van der Waals surface area contributed by atoms with Crippen LogP contribution in [0.15, 0.2) is 42.5 Å². The van der Waals surface area contributed by atoms with E-state index in [2.05, 4.69) is 4.31 Å². The summed E-state index contributed by atoms with van der Waals surface area (Å²) in [5.74, 6) is 0. The van der Waals surface area contributed by atoms with Crippen molar-refractivity contribution in [3.8, 4) is 0 Å². The lowest BCUT2D eigenvalue weighted by Gasteiger charge is -2.07. The molecule has 0 amide bonds. The predicted molar refractivity (Wildman–Crippen MR) is 64.3 cm³/mol. The number of hydrogen-bond acceptors (Lipinski definition) is 3. The van der Waals surface area contributed by atoms with Crippen molar-refractivity contribution in [1.29, 1.82) is 0 Å². The molecule has 0 bridgehead atoms. The fourth-order valence-electron chi connectivity index (χ4n) is 1.59. The third kappa shape index (κ3) is 2.60. The van der Waals surface area contributed by atoms with Gasteiger partial charge in [0, 0.05) is 4.57 Å². The molecule has 0 heterocycles. The van der Waals surface area contributed by atoms with E-state index in [9.17, 15) is 14.0 Å². The first kappa shape index (κ1) is 12.4. The maximum atomic E-state index is 11.8. The minimum atomic E-state index is -4.28. The van der Waals surface area contributed by atoms with Crippen molar-refractivity contribution >= 4 is 31.9 Å². The van der Waals surface area contributed by atoms with Crippen LogP contribution in [-0.4, -0.2) is 9.79 Å². The molecule has 2 aromatic carbocycles. The molecule has 2 atom stereocenters. The largest absolute Gasteiger partial charge is 0.703 e. The van der Waals surface area contributed by atoms with E-state index in [-0.39, 0.29) is 5.30 Å². The van der Waals surface area contributed by atoms with E-state index in [0.717, 1.165) is 5.39 Å². The molecule has 7 heteroatoms. The second kappa shape index (κ2) is 4.65.